The predicted molar refractivity (Wildman–Crippen MR) is 89.2 cm³/mol. The second-order valence-corrected chi connectivity index (χ2v) is 12.9. The Labute approximate surface area is 150 Å². The molecule has 0 amide bonds. The smallest absolute Gasteiger partial charge is 0.192 e. The Kier molecular flexibility index (Phi) is 7.94. The summed E-state index contributed by atoms with van der Waals surface area (Å²) in [5.74, 6) is 0. The second-order valence-electron chi connectivity index (χ2n) is 8.14. The average Bonchev–Trinajstić information content (AvgIpc) is 2.69. The third kappa shape index (κ3) is 5.52. The highest BCUT2D eigenvalue weighted by Crippen LogP contribution is 2.36. The van der Waals surface area contributed by atoms with Gasteiger partial charge in [0.15, 0.2) is 15.0 Å². The van der Waals surface area contributed by atoms with E-state index in [0.29, 0.717) is 12.1 Å². The van der Waals surface area contributed by atoms with E-state index >= 15 is 0 Å². The molecule has 0 aromatic rings. The fourth-order valence-electron chi connectivity index (χ4n) is 2.10. The number of rotatable bonds is 5. The molecule has 1 rings (SSSR count). The lowest BCUT2D eigenvalue weighted by Crippen LogP contribution is -3.10. The first kappa shape index (κ1) is 21.4. The van der Waals surface area contributed by atoms with E-state index in [1.165, 1.54) is 10.6 Å². The predicted octanol–water partition coefficient (Wildman–Crippen LogP) is -0.172. The van der Waals surface area contributed by atoms with Crippen molar-refractivity contribution in [3.63, 3.8) is 0 Å². The van der Waals surface area contributed by atoms with Crippen LogP contribution in [0, 0.1) is 0 Å². The zero-order chi connectivity index (χ0) is 15.7. The van der Waals surface area contributed by atoms with Gasteiger partial charge in [0, 0.05) is 6.04 Å². The molecule has 0 spiro atoms. The van der Waals surface area contributed by atoms with Crippen molar-refractivity contribution in [1.82, 2.24) is 4.90 Å². The van der Waals surface area contributed by atoms with E-state index in [-0.39, 0.29) is 29.0 Å². The summed E-state index contributed by atoms with van der Waals surface area (Å²) in [5.41, 5.74) is 1.37. The summed E-state index contributed by atoms with van der Waals surface area (Å²) in [5, 5.41) is 0.277. The topological polar surface area (TPSA) is 16.9 Å². The second kappa shape index (κ2) is 7.79. The number of hydrogen-bond donors (Lipinski definition) is 1. The molecular weight excluding hydrogens is 391 g/mol. The van der Waals surface area contributed by atoms with Crippen LogP contribution in [0.15, 0.2) is 11.9 Å². The number of hydrogen-bond acceptors (Lipinski definition) is 2. The lowest BCUT2D eigenvalue weighted by atomic mass is 10.2. The molecule has 0 saturated carbocycles. The number of quaternary nitrogens is 1. The van der Waals surface area contributed by atoms with E-state index in [4.69, 9.17) is 4.43 Å². The van der Waals surface area contributed by atoms with Crippen LogP contribution in [0.25, 0.3) is 0 Å². The van der Waals surface area contributed by atoms with E-state index in [2.05, 4.69) is 72.7 Å². The Hall–Kier alpha value is 0.407. The molecule has 3 nitrogen and oxygen atoms in total. The molecule has 0 aromatic heterocycles. The average molecular weight is 426 g/mol. The largest absolute Gasteiger partial charge is 1.00 e. The highest BCUT2D eigenvalue weighted by Gasteiger charge is 2.38. The Morgan fingerprint density at radius 2 is 1.76 bits per heavy atom. The van der Waals surface area contributed by atoms with Gasteiger partial charge in [0.2, 0.25) is 0 Å². The van der Waals surface area contributed by atoms with Gasteiger partial charge in [-0.25, -0.2) is 0 Å². The summed E-state index contributed by atoms with van der Waals surface area (Å²) in [7, 11) is -1.66. The van der Waals surface area contributed by atoms with Crippen molar-refractivity contribution in [2.75, 3.05) is 13.3 Å². The first-order valence-corrected chi connectivity index (χ1v) is 10.8. The Bertz CT molecular complexity index is 362. The monoisotopic (exact) mass is 426 g/mol. The minimum absolute atomic E-state index is 0. The molecule has 126 valence electrons. The molecule has 0 fully saturated rings. The summed E-state index contributed by atoms with van der Waals surface area (Å²) < 4.78 is 6.40. The van der Waals surface area contributed by atoms with Gasteiger partial charge in [-0.05, 0) is 45.8 Å². The molecule has 1 aliphatic rings. The first-order chi connectivity index (χ1) is 8.95. The van der Waals surface area contributed by atoms with Gasteiger partial charge in [0.05, 0.1) is 18.3 Å². The normalized spacial score (nSPS) is 20.0. The Balaban J connectivity index is 0.00000400. The fourth-order valence-corrected chi connectivity index (χ4v) is 3.04. The summed E-state index contributed by atoms with van der Waals surface area (Å²) in [6.07, 6.45) is 2.37. The van der Waals surface area contributed by atoms with Gasteiger partial charge < -0.3 is 33.3 Å². The van der Waals surface area contributed by atoms with Crippen molar-refractivity contribution < 1.29 is 33.3 Å². The molecule has 1 atom stereocenters. The van der Waals surface area contributed by atoms with Crippen LogP contribution in [0.4, 0.5) is 0 Å². The molecule has 0 aliphatic carbocycles. The molecule has 1 aliphatic heterocycles. The van der Waals surface area contributed by atoms with Crippen LogP contribution in [0.5, 0.6) is 0 Å². The number of nitrogens with one attached hydrogen (secondary N) is 1. The van der Waals surface area contributed by atoms with Crippen molar-refractivity contribution in [1.29, 1.82) is 0 Å². The Morgan fingerprint density at radius 3 is 2.14 bits per heavy atom. The molecule has 0 bridgehead atoms. The van der Waals surface area contributed by atoms with Crippen LogP contribution in [-0.4, -0.2) is 38.6 Å². The van der Waals surface area contributed by atoms with E-state index < -0.39 is 8.32 Å². The van der Waals surface area contributed by atoms with Crippen LogP contribution in [0.3, 0.4) is 0 Å². The zero-order valence-electron chi connectivity index (χ0n) is 15.4. The third-order valence-electron chi connectivity index (χ3n) is 4.83. The molecule has 21 heavy (non-hydrogen) atoms. The van der Waals surface area contributed by atoms with Gasteiger partial charge in [-0.2, -0.15) is 0 Å². The highest BCUT2D eigenvalue weighted by molar-refractivity contribution is 6.74. The van der Waals surface area contributed by atoms with E-state index in [1.54, 1.807) is 0 Å². The van der Waals surface area contributed by atoms with Gasteiger partial charge in [-0.1, -0.05) is 20.8 Å². The SMILES string of the molecule is CC(C)N1C[NH+](C(C)C)C=C1CO[Si](C)(C)C(C)(C)C.[I-]. The molecule has 1 heterocycles. The van der Waals surface area contributed by atoms with Gasteiger partial charge in [-0.3, -0.25) is 4.90 Å². The molecule has 0 aromatic carbocycles. The lowest BCUT2D eigenvalue weighted by Gasteiger charge is -2.37. The summed E-state index contributed by atoms with van der Waals surface area (Å²) in [4.78, 5) is 4.02. The molecular formula is C16H35IN2OSi. The molecule has 1 N–H and O–H groups in total. The maximum atomic E-state index is 6.40. The highest BCUT2D eigenvalue weighted by atomic mass is 127. The molecule has 0 saturated heterocycles. The zero-order valence-corrected chi connectivity index (χ0v) is 18.5. The standard InChI is InChI=1S/C16H34N2OSi.HI/c1-13(2)17-10-15(18(12-17)14(3)4)11-19-20(8,9)16(5,6)7;/h10,13-14H,11-12H2,1-9H3;1H. The van der Waals surface area contributed by atoms with Crippen LogP contribution < -0.4 is 28.9 Å². The van der Waals surface area contributed by atoms with Crippen molar-refractivity contribution in [2.45, 2.75) is 78.7 Å². The first-order valence-electron chi connectivity index (χ1n) is 7.92. The van der Waals surface area contributed by atoms with Crippen LogP contribution in [-0.2, 0) is 4.43 Å². The maximum absolute atomic E-state index is 6.40. The third-order valence-corrected chi connectivity index (χ3v) is 9.30. The summed E-state index contributed by atoms with van der Waals surface area (Å²) in [6.45, 7) is 22.5. The van der Waals surface area contributed by atoms with E-state index in [0.717, 1.165) is 13.3 Å². The minimum Gasteiger partial charge on any atom is -1.00 e. The van der Waals surface area contributed by atoms with Crippen molar-refractivity contribution in [2.24, 2.45) is 0 Å². The molecule has 1 unspecified atom stereocenters. The quantitative estimate of drug-likeness (QED) is 0.486. The molecule has 5 heteroatoms. The van der Waals surface area contributed by atoms with Crippen LogP contribution >= 0.6 is 0 Å². The summed E-state index contributed by atoms with van der Waals surface area (Å²) >= 11 is 0. The van der Waals surface area contributed by atoms with Crippen molar-refractivity contribution in [3.05, 3.63) is 11.9 Å². The van der Waals surface area contributed by atoms with E-state index in [9.17, 15) is 0 Å². The number of halogens is 1. The summed E-state index contributed by atoms with van der Waals surface area (Å²) in [6, 6.07) is 1.17. The van der Waals surface area contributed by atoms with Gasteiger partial charge in [-0.15, -0.1) is 0 Å². The van der Waals surface area contributed by atoms with Crippen LogP contribution in [0.2, 0.25) is 18.1 Å². The van der Waals surface area contributed by atoms with Gasteiger partial charge in [0.1, 0.15) is 6.20 Å². The van der Waals surface area contributed by atoms with Gasteiger partial charge >= 0.3 is 0 Å². The van der Waals surface area contributed by atoms with E-state index in [1.807, 2.05) is 0 Å². The Morgan fingerprint density at radius 1 is 1.24 bits per heavy atom. The molecule has 0 radical (unpaired) electrons. The van der Waals surface area contributed by atoms with Crippen LogP contribution in [0.1, 0.15) is 48.5 Å². The number of nitrogens with zero attached hydrogens (tertiary/aromatic N) is 1. The fraction of sp³-hybridized carbons (Fsp3) is 0.875. The minimum atomic E-state index is -1.66. The maximum Gasteiger partial charge on any atom is 0.192 e. The van der Waals surface area contributed by atoms with Gasteiger partial charge in [0.25, 0.3) is 0 Å². The lowest BCUT2D eigenvalue weighted by molar-refractivity contribution is -0.872. The van der Waals surface area contributed by atoms with Crippen molar-refractivity contribution in [3.8, 4) is 0 Å². The van der Waals surface area contributed by atoms with Crippen molar-refractivity contribution >= 4 is 8.32 Å².